The van der Waals surface area contributed by atoms with E-state index in [4.69, 9.17) is 9.25 Å². The summed E-state index contributed by atoms with van der Waals surface area (Å²) in [7, 11) is 4.00. The average molecular weight is 454 g/mol. The molecule has 0 spiro atoms. The molecule has 3 fully saturated rings. The second-order valence-corrected chi connectivity index (χ2v) is 11.5. The second-order valence-electron chi connectivity index (χ2n) is 11.5. The summed E-state index contributed by atoms with van der Waals surface area (Å²) in [6.45, 7) is 5.96. The Bertz CT molecular complexity index is 964. The van der Waals surface area contributed by atoms with Crippen molar-refractivity contribution >= 4 is 11.5 Å². The molecular formula is C27H39N3O3. The minimum atomic E-state index is -0.0371. The third-order valence-electron chi connectivity index (χ3n) is 9.36. The molecule has 33 heavy (non-hydrogen) atoms. The fourth-order valence-corrected chi connectivity index (χ4v) is 7.50. The molecule has 1 aromatic rings. The molecule has 0 saturated heterocycles. The van der Waals surface area contributed by atoms with Crippen LogP contribution in [-0.2, 0) is 22.6 Å². The first kappa shape index (κ1) is 22.8. The number of rotatable bonds is 6. The Morgan fingerprint density at radius 2 is 1.94 bits per heavy atom. The van der Waals surface area contributed by atoms with Crippen molar-refractivity contribution in [3.8, 4) is 0 Å². The molecule has 1 aromatic heterocycles. The highest BCUT2D eigenvalue weighted by Crippen LogP contribution is 2.64. The van der Waals surface area contributed by atoms with Crippen LogP contribution in [-0.4, -0.2) is 42.1 Å². The molecule has 3 saturated carbocycles. The number of nitrogens with zero attached hydrogens (tertiary/aromatic N) is 3. The summed E-state index contributed by atoms with van der Waals surface area (Å²) in [5.41, 5.74) is 2.86. The lowest BCUT2D eigenvalue weighted by molar-refractivity contribution is -0.132. The van der Waals surface area contributed by atoms with Gasteiger partial charge < -0.3 is 14.2 Å². The number of oxazole rings is 1. The SMILES string of the molecule is CN(C)Cc1ncc(CCON=C2C=C3CCC4C(CC[C@]5(C)C(=O)CCC45)[C@@]3(C)CC2)o1. The van der Waals surface area contributed by atoms with Crippen molar-refractivity contribution in [1.82, 2.24) is 9.88 Å². The highest BCUT2D eigenvalue weighted by molar-refractivity contribution is 5.96. The van der Waals surface area contributed by atoms with Gasteiger partial charge in [0.1, 0.15) is 18.2 Å². The van der Waals surface area contributed by atoms with E-state index in [0.717, 1.165) is 55.9 Å². The summed E-state index contributed by atoms with van der Waals surface area (Å²) >= 11 is 0. The Hall–Kier alpha value is -1.95. The number of carbonyl (C=O) groups is 1. The van der Waals surface area contributed by atoms with Gasteiger partial charge in [0.05, 0.1) is 18.5 Å². The van der Waals surface area contributed by atoms with Gasteiger partial charge in [-0.15, -0.1) is 0 Å². The van der Waals surface area contributed by atoms with Gasteiger partial charge in [-0.2, -0.15) is 0 Å². The van der Waals surface area contributed by atoms with Gasteiger partial charge in [0.25, 0.3) is 0 Å². The summed E-state index contributed by atoms with van der Waals surface area (Å²) in [6.07, 6.45) is 13.5. The van der Waals surface area contributed by atoms with Crippen molar-refractivity contribution in [2.45, 2.75) is 78.2 Å². The molecule has 0 amide bonds. The number of hydrogen-bond acceptors (Lipinski definition) is 6. The highest BCUT2D eigenvalue weighted by atomic mass is 16.6. The van der Waals surface area contributed by atoms with E-state index < -0.39 is 0 Å². The number of allylic oxidation sites excluding steroid dienone is 2. The fourth-order valence-electron chi connectivity index (χ4n) is 7.50. The number of fused-ring (bicyclic) bond motifs is 5. The van der Waals surface area contributed by atoms with Gasteiger partial charge in [-0.05, 0) is 88.3 Å². The smallest absolute Gasteiger partial charge is 0.208 e. The Balaban J connectivity index is 1.20. The number of Topliss-reactive ketones (excluding diaryl/α,β-unsaturated/α-hetero) is 1. The molecule has 0 aliphatic heterocycles. The van der Waals surface area contributed by atoms with Crippen LogP contribution in [0.4, 0.5) is 0 Å². The van der Waals surface area contributed by atoms with Crippen molar-refractivity contribution < 1.29 is 14.0 Å². The highest BCUT2D eigenvalue weighted by Gasteiger charge is 2.58. The minimum Gasteiger partial charge on any atom is -0.444 e. The van der Waals surface area contributed by atoms with Crippen LogP contribution in [0.2, 0.25) is 0 Å². The topological polar surface area (TPSA) is 67.9 Å². The quantitative estimate of drug-likeness (QED) is 0.438. The lowest BCUT2D eigenvalue weighted by Crippen LogP contribution is -2.50. The van der Waals surface area contributed by atoms with E-state index >= 15 is 0 Å². The van der Waals surface area contributed by atoms with E-state index in [2.05, 4.69) is 30.1 Å². The maximum atomic E-state index is 12.6. The molecule has 180 valence electrons. The predicted octanol–water partition coefficient (Wildman–Crippen LogP) is 5.18. The first-order valence-corrected chi connectivity index (χ1v) is 12.8. The molecular weight excluding hydrogens is 414 g/mol. The Morgan fingerprint density at radius 1 is 1.12 bits per heavy atom. The summed E-state index contributed by atoms with van der Waals surface area (Å²) < 4.78 is 5.75. The number of carbonyl (C=O) groups excluding carboxylic acids is 1. The van der Waals surface area contributed by atoms with Crippen LogP contribution in [0.1, 0.15) is 76.9 Å². The van der Waals surface area contributed by atoms with Crippen LogP contribution in [0.15, 0.2) is 27.4 Å². The van der Waals surface area contributed by atoms with Crippen LogP contribution in [0.25, 0.3) is 0 Å². The van der Waals surface area contributed by atoms with Crippen molar-refractivity contribution in [2.24, 2.45) is 33.7 Å². The van der Waals surface area contributed by atoms with Gasteiger partial charge in [0, 0.05) is 18.3 Å². The van der Waals surface area contributed by atoms with Crippen LogP contribution >= 0.6 is 0 Å². The average Bonchev–Trinajstić information content (AvgIpc) is 3.34. The molecule has 0 bridgehead atoms. The fraction of sp³-hybridized carbons (Fsp3) is 0.741. The molecule has 0 radical (unpaired) electrons. The number of aromatic nitrogens is 1. The monoisotopic (exact) mass is 453 g/mol. The molecule has 4 aliphatic rings. The van der Waals surface area contributed by atoms with E-state index in [9.17, 15) is 4.79 Å². The molecule has 3 unspecified atom stereocenters. The zero-order valence-corrected chi connectivity index (χ0v) is 20.7. The Labute approximate surface area is 197 Å². The summed E-state index contributed by atoms with van der Waals surface area (Å²) in [6, 6.07) is 0. The maximum absolute atomic E-state index is 12.6. The number of hydrogen-bond donors (Lipinski definition) is 0. The van der Waals surface area contributed by atoms with Crippen LogP contribution in [0, 0.1) is 28.6 Å². The minimum absolute atomic E-state index is 0.0371. The molecule has 5 rings (SSSR count). The lowest BCUT2D eigenvalue weighted by atomic mass is 9.47. The second kappa shape index (κ2) is 8.68. The van der Waals surface area contributed by atoms with Crippen molar-refractivity contribution in [2.75, 3.05) is 20.7 Å². The molecule has 4 aliphatic carbocycles. The number of oxime groups is 1. The molecule has 6 heteroatoms. The van der Waals surface area contributed by atoms with Crippen LogP contribution in [0.3, 0.4) is 0 Å². The summed E-state index contributed by atoms with van der Waals surface area (Å²) in [5.74, 6) is 4.15. The zero-order valence-electron chi connectivity index (χ0n) is 20.7. The molecule has 1 heterocycles. The predicted molar refractivity (Wildman–Crippen MR) is 128 cm³/mol. The van der Waals surface area contributed by atoms with Gasteiger partial charge in [-0.1, -0.05) is 24.6 Å². The van der Waals surface area contributed by atoms with Crippen LogP contribution < -0.4 is 0 Å². The van der Waals surface area contributed by atoms with Gasteiger partial charge in [0.15, 0.2) is 0 Å². The summed E-state index contributed by atoms with van der Waals surface area (Å²) in [4.78, 5) is 24.6. The van der Waals surface area contributed by atoms with Crippen molar-refractivity contribution in [3.05, 3.63) is 29.5 Å². The molecule has 6 nitrogen and oxygen atoms in total. The molecule has 0 N–H and O–H groups in total. The van der Waals surface area contributed by atoms with Gasteiger partial charge in [-0.3, -0.25) is 4.79 Å². The largest absolute Gasteiger partial charge is 0.444 e. The normalized spacial score (nSPS) is 37.0. The number of ketones is 1. The van der Waals surface area contributed by atoms with Gasteiger partial charge >= 0.3 is 0 Å². The van der Waals surface area contributed by atoms with Crippen molar-refractivity contribution in [1.29, 1.82) is 0 Å². The first-order valence-electron chi connectivity index (χ1n) is 12.8. The van der Waals surface area contributed by atoms with E-state index in [0.29, 0.717) is 43.1 Å². The lowest BCUT2D eigenvalue weighted by Gasteiger charge is -2.57. The Kier molecular flexibility index (Phi) is 6.00. The van der Waals surface area contributed by atoms with E-state index in [1.165, 1.54) is 12.8 Å². The Morgan fingerprint density at radius 3 is 2.76 bits per heavy atom. The maximum Gasteiger partial charge on any atom is 0.208 e. The third-order valence-corrected chi connectivity index (χ3v) is 9.36. The molecule has 5 atom stereocenters. The van der Waals surface area contributed by atoms with Gasteiger partial charge in [0.2, 0.25) is 5.89 Å². The van der Waals surface area contributed by atoms with Crippen molar-refractivity contribution in [3.63, 3.8) is 0 Å². The van der Waals surface area contributed by atoms with E-state index in [1.807, 2.05) is 19.0 Å². The summed E-state index contributed by atoms with van der Waals surface area (Å²) in [5, 5.41) is 4.48. The van der Waals surface area contributed by atoms with E-state index in [-0.39, 0.29) is 10.8 Å². The third kappa shape index (κ3) is 4.09. The first-order chi connectivity index (χ1) is 15.8. The zero-order chi connectivity index (χ0) is 23.2. The van der Waals surface area contributed by atoms with E-state index in [1.54, 1.807) is 11.8 Å². The standard InChI is InChI=1S/C27H39N3O3/c1-26-12-9-19(29-32-14-11-20-16-28-25(33-20)17-30(3)4)15-18(26)5-6-21-22-7-8-24(31)27(22,2)13-10-23(21)26/h15-16,21-23H,5-14,17H2,1-4H3/t21?,22?,23?,26-,27-/m0/s1. The van der Waals surface area contributed by atoms with Crippen LogP contribution in [0.5, 0.6) is 0 Å². The molecule has 0 aromatic carbocycles. The van der Waals surface area contributed by atoms with Gasteiger partial charge in [-0.25, -0.2) is 4.98 Å².